The molecule has 6 nitrogen and oxygen atoms in total. The quantitative estimate of drug-likeness (QED) is 0.731. The predicted molar refractivity (Wildman–Crippen MR) is 95.2 cm³/mol. The molecule has 1 fully saturated rings. The maximum Gasteiger partial charge on any atom is 0.326 e. The third kappa shape index (κ3) is 5.37. The molecule has 3 rings (SSSR count). The van der Waals surface area contributed by atoms with Gasteiger partial charge in [0.2, 0.25) is 6.10 Å². The van der Waals surface area contributed by atoms with Gasteiger partial charge in [-0.15, -0.1) is 0 Å². The Labute approximate surface area is 155 Å². The number of esters is 1. The molecule has 0 radical (unpaired) electrons. The lowest BCUT2D eigenvalue weighted by molar-refractivity contribution is -0.155. The maximum absolute atomic E-state index is 13.2. The van der Waals surface area contributed by atoms with E-state index < -0.39 is 36.2 Å². The second-order valence-corrected chi connectivity index (χ2v) is 6.26. The van der Waals surface area contributed by atoms with Crippen LogP contribution in [0.3, 0.4) is 0 Å². The van der Waals surface area contributed by atoms with Gasteiger partial charge in [-0.25, -0.2) is 4.39 Å². The lowest BCUT2D eigenvalue weighted by atomic mass is 10.1. The smallest absolute Gasteiger partial charge is 0.326 e. The molecule has 2 N–H and O–H groups in total. The molecule has 7 heteroatoms. The van der Waals surface area contributed by atoms with Crippen molar-refractivity contribution in [2.24, 2.45) is 0 Å². The second kappa shape index (κ2) is 8.44. The fraction of sp³-hybridized carbons (Fsp3) is 0.250. The number of nitrogens with one attached hydrogen (secondary N) is 2. The molecule has 1 aliphatic rings. The summed E-state index contributed by atoms with van der Waals surface area (Å²) in [4.78, 5) is 36.5. The van der Waals surface area contributed by atoms with E-state index in [9.17, 15) is 18.8 Å². The Hall–Kier alpha value is -3.22. The van der Waals surface area contributed by atoms with Gasteiger partial charge >= 0.3 is 5.97 Å². The third-order valence-corrected chi connectivity index (χ3v) is 3.99. The lowest BCUT2D eigenvalue weighted by Gasteiger charge is -2.18. The standard InChI is InChI=1S/C20H19FN2O4/c21-15-8-4-7-14(11-15)19(25)22-12-17(24)27-18(13-5-2-1-3-6-13)20(26)23-16-9-10-16/h1-8,11,16,18H,9-10,12H2,(H,22,25)(H,23,26)/t18-/m0/s1. The van der Waals surface area contributed by atoms with Crippen LogP contribution in [0.2, 0.25) is 0 Å². The van der Waals surface area contributed by atoms with Crippen LogP contribution in [0.5, 0.6) is 0 Å². The average molecular weight is 370 g/mol. The van der Waals surface area contributed by atoms with Crippen LogP contribution in [0.4, 0.5) is 4.39 Å². The highest BCUT2D eigenvalue weighted by Crippen LogP contribution is 2.23. The molecule has 0 bridgehead atoms. The van der Waals surface area contributed by atoms with Gasteiger partial charge in [-0.1, -0.05) is 36.4 Å². The lowest BCUT2D eigenvalue weighted by Crippen LogP contribution is -2.36. The number of ether oxygens (including phenoxy) is 1. The highest BCUT2D eigenvalue weighted by atomic mass is 19.1. The first-order valence-electron chi connectivity index (χ1n) is 8.61. The zero-order chi connectivity index (χ0) is 19.2. The Balaban J connectivity index is 1.60. The van der Waals surface area contributed by atoms with Gasteiger partial charge in [0.05, 0.1) is 0 Å². The van der Waals surface area contributed by atoms with Crippen LogP contribution < -0.4 is 10.6 Å². The van der Waals surface area contributed by atoms with Crippen LogP contribution in [0.25, 0.3) is 0 Å². The van der Waals surface area contributed by atoms with Gasteiger partial charge < -0.3 is 15.4 Å². The normalized spacial score (nSPS) is 14.1. The zero-order valence-corrected chi connectivity index (χ0v) is 14.5. The summed E-state index contributed by atoms with van der Waals surface area (Å²) in [5.74, 6) is -2.32. The summed E-state index contributed by atoms with van der Waals surface area (Å²) in [6, 6.07) is 13.9. The predicted octanol–water partition coefficient (Wildman–Crippen LogP) is 2.12. The topological polar surface area (TPSA) is 84.5 Å². The Morgan fingerprint density at radius 2 is 1.81 bits per heavy atom. The number of hydrogen-bond acceptors (Lipinski definition) is 4. The number of carbonyl (C=O) groups is 3. The molecule has 0 aliphatic heterocycles. The molecule has 1 aliphatic carbocycles. The summed E-state index contributed by atoms with van der Waals surface area (Å²) >= 11 is 0. The zero-order valence-electron chi connectivity index (χ0n) is 14.5. The summed E-state index contributed by atoms with van der Waals surface area (Å²) in [5.41, 5.74) is 0.634. The van der Waals surface area contributed by atoms with Crippen LogP contribution in [0.15, 0.2) is 54.6 Å². The van der Waals surface area contributed by atoms with Crippen LogP contribution in [-0.4, -0.2) is 30.4 Å². The van der Waals surface area contributed by atoms with Crippen LogP contribution in [0.1, 0.15) is 34.9 Å². The van der Waals surface area contributed by atoms with Gasteiger partial charge in [-0.3, -0.25) is 14.4 Å². The van der Waals surface area contributed by atoms with Gasteiger partial charge in [-0.05, 0) is 31.0 Å². The summed E-state index contributed by atoms with van der Waals surface area (Å²) in [7, 11) is 0. The van der Waals surface area contributed by atoms with Gasteiger partial charge in [0, 0.05) is 17.2 Å². The van der Waals surface area contributed by atoms with E-state index in [1.807, 2.05) is 0 Å². The minimum Gasteiger partial charge on any atom is -0.446 e. The summed E-state index contributed by atoms with van der Waals surface area (Å²) in [6.45, 7) is -0.435. The third-order valence-electron chi connectivity index (χ3n) is 3.99. The summed E-state index contributed by atoms with van der Waals surface area (Å²) in [6.07, 6.45) is 0.723. The first kappa shape index (κ1) is 18.6. The maximum atomic E-state index is 13.2. The Kier molecular flexibility index (Phi) is 5.80. The Morgan fingerprint density at radius 3 is 2.48 bits per heavy atom. The summed E-state index contributed by atoms with van der Waals surface area (Å²) in [5, 5.41) is 5.17. The van der Waals surface area contributed by atoms with Crippen molar-refractivity contribution in [3.8, 4) is 0 Å². The molecule has 0 spiro atoms. The number of rotatable bonds is 7. The average Bonchev–Trinajstić information content (AvgIpc) is 3.48. The van der Waals surface area contributed by atoms with Crippen LogP contribution in [-0.2, 0) is 14.3 Å². The van der Waals surface area contributed by atoms with E-state index in [-0.39, 0.29) is 11.6 Å². The molecule has 0 saturated heterocycles. The van der Waals surface area contributed by atoms with Gasteiger partial charge in [0.1, 0.15) is 12.4 Å². The van der Waals surface area contributed by atoms with Gasteiger partial charge in [-0.2, -0.15) is 0 Å². The molecule has 0 aromatic heterocycles. The molecule has 1 saturated carbocycles. The van der Waals surface area contributed by atoms with E-state index in [0.717, 1.165) is 18.9 Å². The van der Waals surface area contributed by atoms with E-state index >= 15 is 0 Å². The van der Waals surface area contributed by atoms with Gasteiger partial charge in [0.15, 0.2) is 0 Å². The fourth-order valence-corrected chi connectivity index (χ4v) is 2.46. The molecule has 2 amide bonds. The molecule has 140 valence electrons. The van der Waals surface area contributed by atoms with Crippen molar-refractivity contribution >= 4 is 17.8 Å². The fourth-order valence-electron chi connectivity index (χ4n) is 2.46. The van der Waals surface area contributed by atoms with E-state index in [4.69, 9.17) is 4.74 Å². The summed E-state index contributed by atoms with van der Waals surface area (Å²) < 4.78 is 18.5. The molecule has 1 atom stereocenters. The molecule has 27 heavy (non-hydrogen) atoms. The Morgan fingerprint density at radius 1 is 1.07 bits per heavy atom. The van der Waals surface area contributed by atoms with E-state index in [0.29, 0.717) is 5.56 Å². The molecule has 2 aromatic carbocycles. The first-order chi connectivity index (χ1) is 13.0. The van der Waals surface area contributed by atoms with E-state index in [1.54, 1.807) is 30.3 Å². The molecular formula is C20H19FN2O4. The SMILES string of the molecule is O=C(CNC(=O)c1cccc(F)c1)O[C@H](C(=O)NC1CC1)c1ccccc1. The van der Waals surface area contributed by atoms with E-state index in [2.05, 4.69) is 10.6 Å². The number of amides is 2. The Bertz CT molecular complexity index is 837. The first-order valence-corrected chi connectivity index (χ1v) is 8.61. The largest absolute Gasteiger partial charge is 0.446 e. The minimum absolute atomic E-state index is 0.0916. The van der Waals surface area contributed by atoms with Crippen molar-refractivity contribution in [2.75, 3.05) is 6.54 Å². The number of carbonyl (C=O) groups excluding carboxylic acids is 3. The molecule has 2 aromatic rings. The minimum atomic E-state index is -1.09. The monoisotopic (exact) mass is 370 g/mol. The second-order valence-electron chi connectivity index (χ2n) is 6.26. The van der Waals surface area contributed by atoms with Crippen molar-refractivity contribution in [1.29, 1.82) is 0 Å². The van der Waals surface area contributed by atoms with E-state index in [1.165, 1.54) is 18.2 Å². The van der Waals surface area contributed by atoms with Gasteiger partial charge in [0.25, 0.3) is 11.8 Å². The number of halogens is 1. The van der Waals surface area contributed by atoms with Crippen molar-refractivity contribution in [3.63, 3.8) is 0 Å². The van der Waals surface area contributed by atoms with Crippen molar-refractivity contribution < 1.29 is 23.5 Å². The molecular weight excluding hydrogens is 351 g/mol. The van der Waals surface area contributed by atoms with Crippen molar-refractivity contribution in [2.45, 2.75) is 25.0 Å². The van der Waals surface area contributed by atoms with Crippen molar-refractivity contribution in [3.05, 3.63) is 71.5 Å². The molecule has 0 unspecified atom stereocenters. The van der Waals surface area contributed by atoms with Crippen molar-refractivity contribution in [1.82, 2.24) is 10.6 Å². The highest BCUT2D eigenvalue weighted by molar-refractivity contribution is 5.96. The number of benzene rings is 2. The van der Waals surface area contributed by atoms with Crippen LogP contribution in [0, 0.1) is 5.82 Å². The molecule has 0 heterocycles. The van der Waals surface area contributed by atoms with Crippen LogP contribution >= 0.6 is 0 Å². The highest BCUT2D eigenvalue weighted by Gasteiger charge is 2.30. The number of hydrogen-bond donors (Lipinski definition) is 2.